The maximum Gasteiger partial charge on any atom is 0.328 e. The maximum atomic E-state index is 13.9. The van der Waals surface area contributed by atoms with Gasteiger partial charge in [-0.05, 0) is 37.2 Å². The summed E-state index contributed by atoms with van der Waals surface area (Å²) < 4.78 is 33.1. The Morgan fingerprint density at radius 3 is 2.52 bits per heavy atom. The van der Waals surface area contributed by atoms with Gasteiger partial charge in [0.15, 0.2) is 0 Å². The van der Waals surface area contributed by atoms with Gasteiger partial charge in [0, 0.05) is 36.0 Å². The van der Waals surface area contributed by atoms with Crippen molar-refractivity contribution in [1.82, 2.24) is 10.3 Å². The number of nitrogens with zero attached hydrogens (tertiary/aromatic N) is 1. The number of aromatic nitrogens is 1. The minimum atomic E-state index is -1.26. The fraction of sp³-hybridized carbons (Fsp3) is 0.250. The highest BCUT2D eigenvalue weighted by Crippen LogP contribution is 2.26. The molecule has 1 aromatic carbocycles. The average molecular weight is 406 g/mol. The summed E-state index contributed by atoms with van der Waals surface area (Å²) in [6.45, 7) is 2.05. The van der Waals surface area contributed by atoms with Gasteiger partial charge in [-0.25, -0.2) is 18.4 Å². The normalized spacial score (nSPS) is 15.7. The van der Waals surface area contributed by atoms with Gasteiger partial charge in [0.1, 0.15) is 11.6 Å². The predicted molar refractivity (Wildman–Crippen MR) is 100 cm³/mol. The fourth-order valence-corrected chi connectivity index (χ4v) is 2.61. The highest BCUT2D eigenvalue weighted by atomic mass is 19.1. The van der Waals surface area contributed by atoms with Crippen LogP contribution in [0.5, 0.6) is 0 Å². The number of benzene rings is 1. The van der Waals surface area contributed by atoms with E-state index in [2.05, 4.69) is 10.3 Å². The molecule has 29 heavy (non-hydrogen) atoms. The molecule has 1 atom stereocenters. The molecule has 1 unspecified atom stereocenters. The molecule has 1 saturated heterocycles. The van der Waals surface area contributed by atoms with Crippen molar-refractivity contribution in [3.63, 3.8) is 0 Å². The van der Waals surface area contributed by atoms with Crippen LogP contribution in [0.25, 0.3) is 11.1 Å². The van der Waals surface area contributed by atoms with Crippen LogP contribution in [0, 0.1) is 11.6 Å². The molecule has 1 aliphatic heterocycles. The molecule has 1 aliphatic rings. The van der Waals surface area contributed by atoms with Gasteiger partial charge in [-0.1, -0.05) is 6.07 Å². The number of nitrogens with one attached hydrogen (secondary N) is 1. The van der Waals surface area contributed by atoms with Crippen molar-refractivity contribution in [2.75, 3.05) is 13.1 Å². The van der Waals surface area contributed by atoms with Crippen molar-refractivity contribution >= 4 is 11.9 Å². The molecule has 1 fully saturated rings. The van der Waals surface area contributed by atoms with Gasteiger partial charge in [0.25, 0.3) is 0 Å². The van der Waals surface area contributed by atoms with E-state index in [4.69, 9.17) is 14.9 Å². The summed E-state index contributed by atoms with van der Waals surface area (Å²) in [7, 11) is 0. The number of carbonyl (C=O) groups is 2. The summed E-state index contributed by atoms with van der Waals surface area (Å²) in [4.78, 5) is 23.4. The molecule has 0 aliphatic carbocycles. The number of halogens is 2. The third-order valence-electron chi connectivity index (χ3n) is 3.95. The van der Waals surface area contributed by atoms with Crippen LogP contribution in [0.2, 0.25) is 0 Å². The molecule has 0 radical (unpaired) electrons. The van der Waals surface area contributed by atoms with Crippen LogP contribution in [0.4, 0.5) is 8.78 Å². The largest absolute Gasteiger partial charge is 0.478 e. The van der Waals surface area contributed by atoms with Crippen LogP contribution in [0.15, 0.2) is 48.7 Å². The first-order valence-corrected chi connectivity index (χ1v) is 8.72. The summed E-state index contributed by atoms with van der Waals surface area (Å²) in [5.41, 5.74) is 1.40. The number of hydrogen-bond donors (Lipinski definition) is 3. The van der Waals surface area contributed by atoms with Crippen molar-refractivity contribution in [3.05, 3.63) is 66.0 Å². The van der Waals surface area contributed by atoms with Crippen LogP contribution in [-0.4, -0.2) is 46.3 Å². The lowest BCUT2D eigenvalue weighted by molar-refractivity contribution is -0.134. The van der Waals surface area contributed by atoms with Crippen LogP contribution < -0.4 is 5.32 Å². The molecule has 0 amide bonds. The number of pyridine rings is 1. The lowest BCUT2D eigenvalue weighted by Gasteiger charge is -2.13. The third-order valence-corrected chi connectivity index (χ3v) is 3.95. The number of carboxylic acid groups (broad SMARTS) is 2. The molecule has 2 heterocycles. The number of rotatable bonds is 6. The molecular formula is C20H20F2N2O5. The van der Waals surface area contributed by atoms with Gasteiger partial charge in [0.2, 0.25) is 0 Å². The standard InChI is InChI=1S/C16H16F2N2O.C4H4O4/c17-11-3-4-15(18)14(8-11)13-2-1-6-20-16(13)10-21-12-5-7-19-9-12;5-3(6)1-2-4(7)8/h1-4,6,8,12,19H,5,7,9-10H2;1-2H,(H,5,6)(H,7,8). The van der Waals surface area contributed by atoms with E-state index in [1.54, 1.807) is 18.3 Å². The van der Waals surface area contributed by atoms with E-state index in [1.165, 1.54) is 6.07 Å². The number of aliphatic carboxylic acids is 2. The van der Waals surface area contributed by atoms with Crippen molar-refractivity contribution < 1.29 is 33.3 Å². The van der Waals surface area contributed by atoms with E-state index < -0.39 is 23.6 Å². The predicted octanol–water partition coefficient (Wildman–Crippen LogP) is 2.62. The molecule has 3 rings (SSSR count). The highest BCUT2D eigenvalue weighted by Gasteiger charge is 2.17. The quantitative estimate of drug-likeness (QED) is 0.633. The van der Waals surface area contributed by atoms with Crippen molar-refractivity contribution in [2.45, 2.75) is 19.1 Å². The zero-order valence-corrected chi connectivity index (χ0v) is 15.3. The highest BCUT2D eigenvalue weighted by molar-refractivity contribution is 5.89. The Kier molecular flexibility index (Phi) is 8.38. The zero-order valence-electron chi connectivity index (χ0n) is 15.3. The van der Waals surface area contributed by atoms with Gasteiger partial charge < -0.3 is 20.3 Å². The Labute approximate surface area is 165 Å². The molecule has 0 spiro atoms. The minimum absolute atomic E-state index is 0.150. The van der Waals surface area contributed by atoms with Crippen molar-refractivity contribution in [1.29, 1.82) is 0 Å². The van der Waals surface area contributed by atoms with Crippen molar-refractivity contribution in [2.24, 2.45) is 0 Å². The molecule has 0 saturated carbocycles. The zero-order chi connectivity index (χ0) is 21.2. The van der Waals surface area contributed by atoms with Crippen LogP contribution >= 0.6 is 0 Å². The van der Waals surface area contributed by atoms with Crippen LogP contribution in [0.1, 0.15) is 12.1 Å². The third kappa shape index (κ3) is 7.40. The molecule has 154 valence electrons. The summed E-state index contributed by atoms with van der Waals surface area (Å²) in [5, 5.41) is 18.8. The smallest absolute Gasteiger partial charge is 0.328 e. The molecule has 3 N–H and O–H groups in total. The van der Waals surface area contributed by atoms with Gasteiger partial charge in [-0.3, -0.25) is 4.98 Å². The Balaban J connectivity index is 0.000000321. The first-order valence-electron chi connectivity index (χ1n) is 8.72. The summed E-state index contributed by atoms with van der Waals surface area (Å²) in [6.07, 6.45) is 3.85. The Bertz CT molecular complexity index is 867. The monoisotopic (exact) mass is 406 g/mol. The Morgan fingerprint density at radius 1 is 1.17 bits per heavy atom. The molecule has 9 heteroatoms. The minimum Gasteiger partial charge on any atom is -0.478 e. The van der Waals surface area contributed by atoms with E-state index in [0.29, 0.717) is 30.0 Å². The molecule has 2 aromatic rings. The average Bonchev–Trinajstić information content (AvgIpc) is 3.21. The summed E-state index contributed by atoms with van der Waals surface area (Å²) in [5.74, 6) is -3.45. The lowest BCUT2D eigenvalue weighted by Crippen LogP contribution is -2.17. The van der Waals surface area contributed by atoms with E-state index >= 15 is 0 Å². The van der Waals surface area contributed by atoms with Gasteiger partial charge in [-0.2, -0.15) is 0 Å². The Morgan fingerprint density at radius 2 is 1.90 bits per heavy atom. The first-order chi connectivity index (χ1) is 13.9. The van der Waals surface area contributed by atoms with Crippen LogP contribution in [0.3, 0.4) is 0 Å². The topological polar surface area (TPSA) is 109 Å². The van der Waals surface area contributed by atoms with Crippen molar-refractivity contribution in [3.8, 4) is 11.1 Å². The van der Waals surface area contributed by atoms with E-state index in [0.717, 1.165) is 31.6 Å². The number of hydrogen-bond acceptors (Lipinski definition) is 5. The number of carboxylic acids is 2. The first kappa shape index (κ1) is 22.1. The maximum absolute atomic E-state index is 13.9. The second-order valence-electron chi connectivity index (χ2n) is 6.06. The molecule has 1 aromatic heterocycles. The number of ether oxygens (including phenoxy) is 1. The molecule has 7 nitrogen and oxygen atoms in total. The van der Waals surface area contributed by atoms with Gasteiger partial charge >= 0.3 is 11.9 Å². The molecule has 0 bridgehead atoms. The Hall–Kier alpha value is -3.17. The van der Waals surface area contributed by atoms with E-state index in [1.807, 2.05) is 0 Å². The van der Waals surface area contributed by atoms with Gasteiger partial charge in [-0.15, -0.1) is 0 Å². The van der Waals surface area contributed by atoms with Crippen LogP contribution in [-0.2, 0) is 20.9 Å². The van der Waals surface area contributed by atoms with Gasteiger partial charge in [0.05, 0.1) is 18.4 Å². The fourth-order valence-electron chi connectivity index (χ4n) is 2.61. The summed E-state index contributed by atoms with van der Waals surface area (Å²) >= 11 is 0. The SMILES string of the molecule is Fc1ccc(F)c(-c2cccnc2COC2CCNC2)c1.O=C(O)C=CC(=O)O. The summed E-state index contributed by atoms with van der Waals surface area (Å²) in [6, 6.07) is 6.86. The second-order valence-corrected chi connectivity index (χ2v) is 6.06. The second kappa shape index (κ2) is 11.0. The lowest BCUT2D eigenvalue weighted by atomic mass is 10.0. The van der Waals surface area contributed by atoms with E-state index in [-0.39, 0.29) is 11.7 Å². The van der Waals surface area contributed by atoms with E-state index in [9.17, 15) is 18.4 Å². The molecular weight excluding hydrogens is 386 g/mol.